The summed E-state index contributed by atoms with van der Waals surface area (Å²) in [6, 6.07) is 59.7. The molecule has 1 heterocycles. The van der Waals surface area contributed by atoms with Gasteiger partial charge >= 0.3 is 6.18 Å². The zero-order chi connectivity index (χ0) is 98.5. The molecule has 11 rings (SSSR count). The fourth-order valence-electron chi connectivity index (χ4n) is 13.0. The first-order chi connectivity index (χ1) is 60.0. The molecule has 7 aromatic carbocycles. The van der Waals surface area contributed by atoms with Gasteiger partial charge in [0, 0.05) is 39.8 Å². The monoisotopic (exact) mass is 1800 g/mol. The van der Waals surface area contributed by atoms with E-state index in [2.05, 4.69) is 211 Å². The molecule has 14 heteroatoms. The van der Waals surface area contributed by atoms with Crippen molar-refractivity contribution in [3.8, 4) is 0 Å². The lowest BCUT2D eigenvalue weighted by molar-refractivity contribution is -0.137. The standard InChI is InChI=1S/C19H23NO.C18H18F3N.C18H20FN.C14H21NO.C11H22.C10H20.C9H19NO.C8H16O2.C5H12.C4H8/c1-19(2,3)14-15-21-20-18(16-10-6-4-7-11-16)17-12-8-5-9-13-17;1-17(2,3)22-16(13-7-5-4-6-8-13)14-9-11-15(12-10-14)18(19,20)21;1-13-8-10-14(11-9-13)17(20-18(2,3)4)15-6-5-7-16(19)12-15;1-12(13-8-6-5-7-9-13)15-16-11-10-14(2,3)4;1-10(2,3)11(4)8-6-5-7-9-11;1-9(2,3)10(4)7-5-6-8-10;1-8(2)10-11-7-6-9(3,4)5;1-8(2,3)6-7-9-4-5-10-7;1-5(2,3)4;1-2-4-3-1/h4-13H,14-15H2,1-3H3;4-12H,1-3H3;5-12H,1-4H3;5-9H,10-11H2,1-4H3;5-9H2,1-4H3;5-8H2,1-4H3;6-7H2,1-5H3;7H,4-6H2,1-3H3;1-4H3;1-4H2/b;;;15-12+;;;;;;. The van der Waals surface area contributed by atoms with Gasteiger partial charge in [-0.1, -0.05) is 415 Å². The summed E-state index contributed by atoms with van der Waals surface area (Å²) in [4.78, 5) is 25.4. The molecule has 3 saturated carbocycles. The highest BCUT2D eigenvalue weighted by Gasteiger charge is 2.40. The smallest absolute Gasteiger partial charge is 0.396 e. The summed E-state index contributed by atoms with van der Waals surface area (Å²) >= 11 is 0. The predicted octanol–water partition coefficient (Wildman–Crippen LogP) is 34.7. The van der Waals surface area contributed by atoms with E-state index < -0.39 is 11.7 Å². The van der Waals surface area contributed by atoms with Crippen LogP contribution in [0, 0.1) is 61.5 Å². The number of oxime groups is 3. The number of aryl methyl sites for hydroxylation is 1. The van der Waals surface area contributed by atoms with E-state index in [4.69, 9.17) is 29.0 Å². The van der Waals surface area contributed by atoms with Crippen molar-refractivity contribution in [2.75, 3.05) is 33.0 Å². The molecule has 4 fully saturated rings. The van der Waals surface area contributed by atoms with Gasteiger partial charge in [-0.05, 0) is 193 Å². The van der Waals surface area contributed by atoms with Gasteiger partial charge in [0.1, 0.15) is 31.3 Å². The Morgan fingerprint density at radius 3 is 0.962 bits per heavy atom. The van der Waals surface area contributed by atoms with Gasteiger partial charge in [0.15, 0.2) is 6.29 Å². The zero-order valence-corrected chi connectivity index (χ0v) is 87.9. The van der Waals surface area contributed by atoms with Crippen molar-refractivity contribution in [1.82, 2.24) is 0 Å². The lowest BCUT2D eigenvalue weighted by atomic mass is 9.61. The molecule has 0 unspecified atom stereocenters. The van der Waals surface area contributed by atoms with Gasteiger partial charge in [-0.2, -0.15) is 13.2 Å². The minimum atomic E-state index is -4.33. The molecule has 10 nitrogen and oxygen atoms in total. The van der Waals surface area contributed by atoms with E-state index in [9.17, 15) is 17.6 Å². The first kappa shape index (κ1) is 118. The van der Waals surface area contributed by atoms with Gasteiger partial charge in [-0.3, -0.25) is 9.98 Å². The zero-order valence-electron chi connectivity index (χ0n) is 87.9. The van der Waals surface area contributed by atoms with Crippen LogP contribution in [0.5, 0.6) is 0 Å². The van der Waals surface area contributed by atoms with E-state index in [0.29, 0.717) is 74.4 Å². The number of rotatable bonds is 17. The molecule has 3 aliphatic carbocycles. The Kier molecular flexibility index (Phi) is 51.0. The highest BCUT2D eigenvalue weighted by molar-refractivity contribution is 6.14. The third-order valence-electron chi connectivity index (χ3n) is 22.3. The minimum Gasteiger partial charge on any atom is -0.396 e. The maximum atomic E-state index is 13.5. The highest BCUT2D eigenvalue weighted by atomic mass is 19.4. The molecule has 7 aromatic rings. The van der Waals surface area contributed by atoms with Crippen LogP contribution in [-0.2, 0) is 30.2 Å². The van der Waals surface area contributed by atoms with Gasteiger partial charge in [0.05, 0.1) is 52.7 Å². The summed E-state index contributed by atoms with van der Waals surface area (Å²) in [6.45, 7) is 77.7. The van der Waals surface area contributed by atoms with Crippen LogP contribution >= 0.6 is 0 Å². The van der Waals surface area contributed by atoms with Crippen molar-refractivity contribution in [2.24, 2.45) is 74.2 Å². The van der Waals surface area contributed by atoms with Crippen LogP contribution in [0.15, 0.2) is 220 Å². The molecule has 0 N–H and O–H groups in total. The van der Waals surface area contributed by atoms with Crippen LogP contribution in [-0.4, -0.2) is 79.0 Å². The predicted molar refractivity (Wildman–Crippen MR) is 552 cm³/mol. The number of nitrogens with zero attached hydrogens (tertiary/aromatic N) is 5. The number of ether oxygens (including phenoxy) is 2. The lowest BCUT2D eigenvalue weighted by Crippen LogP contribution is -2.34. The first-order valence-electron chi connectivity index (χ1n) is 48.1. The normalized spacial score (nSPS) is 15.4. The Labute approximate surface area is 790 Å². The van der Waals surface area contributed by atoms with Crippen molar-refractivity contribution >= 4 is 28.6 Å². The molecule has 4 aliphatic rings. The van der Waals surface area contributed by atoms with Crippen molar-refractivity contribution in [2.45, 2.75) is 368 Å². The van der Waals surface area contributed by atoms with Crippen LogP contribution in [0.3, 0.4) is 0 Å². The van der Waals surface area contributed by atoms with E-state index in [1.165, 1.54) is 113 Å². The number of hydrogen-bond donors (Lipinski definition) is 0. The summed E-state index contributed by atoms with van der Waals surface area (Å²) in [5, 5.41) is 12.3. The molecule has 0 spiro atoms. The van der Waals surface area contributed by atoms with Gasteiger partial charge < -0.3 is 24.0 Å². The van der Waals surface area contributed by atoms with E-state index >= 15 is 0 Å². The van der Waals surface area contributed by atoms with E-state index in [0.717, 1.165) is 107 Å². The Bertz CT molecular complexity index is 4280. The van der Waals surface area contributed by atoms with E-state index in [1.54, 1.807) is 6.07 Å². The fourth-order valence-corrected chi connectivity index (χ4v) is 13.0. The molecule has 1 aliphatic heterocycles. The summed E-state index contributed by atoms with van der Waals surface area (Å²) in [6.07, 6.45) is 18.8. The Hall–Kier alpha value is -8.07. The summed E-state index contributed by atoms with van der Waals surface area (Å²) in [5.74, 6) is -0.240. The third kappa shape index (κ3) is 55.4. The van der Waals surface area contributed by atoms with Crippen molar-refractivity contribution in [3.63, 3.8) is 0 Å². The fraction of sp³-hybridized carbons (Fsp3) is 0.595. The molecule has 0 amide bonds. The molecule has 1 saturated heterocycles. The molecule has 130 heavy (non-hydrogen) atoms. The molecule has 726 valence electrons. The van der Waals surface area contributed by atoms with Crippen LogP contribution < -0.4 is 0 Å². The lowest BCUT2D eigenvalue weighted by Gasteiger charge is -2.45. The Balaban J connectivity index is 0.000000503. The largest absolute Gasteiger partial charge is 0.416 e. The van der Waals surface area contributed by atoms with Gasteiger partial charge in [-0.25, -0.2) is 4.39 Å². The third-order valence-corrected chi connectivity index (χ3v) is 22.3. The van der Waals surface area contributed by atoms with Gasteiger partial charge in [-0.15, -0.1) is 0 Å². The average molecular weight is 1800 g/mol. The maximum absolute atomic E-state index is 13.5. The number of halogens is 4. The summed E-state index contributed by atoms with van der Waals surface area (Å²) in [5.41, 5.74) is 14.9. The summed E-state index contributed by atoms with van der Waals surface area (Å²) < 4.78 is 62.2. The number of aliphatic imine (C=N–C) groups is 2. The van der Waals surface area contributed by atoms with Crippen molar-refractivity contribution < 1.29 is 41.5 Å². The van der Waals surface area contributed by atoms with E-state index in [1.807, 2.05) is 197 Å². The number of benzene rings is 7. The van der Waals surface area contributed by atoms with Crippen LogP contribution in [0.25, 0.3) is 0 Å². The molecule has 0 aromatic heterocycles. The summed E-state index contributed by atoms with van der Waals surface area (Å²) in [7, 11) is 0. The van der Waals surface area contributed by atoms with Crippen LogP contribution in [0.1, 0.15) is 388 Å². The maximum Gasteiger partial charge on any atom is 0.416 e. The molecule has 0 radical (unpaired) electrons. The Morgan fingerprint density at radius 2 is 0.654 bits per heavy atom. The van der Waals surface area contributed by atoms with Crippen molar-refractivity contribution in [3.05, 3.63) is 250 Å². The number of hydrogen-bond acceptors (Lipinski definition) is 10. The number of alkyl halides is 3. The molecular weight excluding hydrogens is 1620 g/mol. The minimum absolute atomic E-state index is 0.0556. The van der Waals surface area contributed by atoms with Crippen LogP contribution in [0.4, 0.5) is 17.6 Å². The second kappa shape index (κ2) is 56.2. The second-order valence-electron chi connectivity index (χ2n) is 46.5. The first-order valence-corrected chi connectivity index (χ1v) is 48.1. The topological polar surface area (TPSA) is 108 Å². The second-order valence-corrected chi connectivity index (χ2v) is 46.5. The quantitative estimate of drug-likeness (QED) is 0.0391. The molecular formula is C116H179F4N5O5. The van der Waals surface area contributed by atoms with Gasteiger partial charge in [0.2, 0.25) is 0 Å². The van der Waals surface area contributed by atoms with Gasteiger partial charge in [0.25, 0.3) is 0 Å². The van der Waals surface area contributed by atoms with E-state index in [-0.39, 0.29) is 28.6 Å². The highest BCUT2D eigenvalue weighted by Crippen LogP contribution is 2.51. The van der Waals surface area contributed by atoms with Crippen LogP contribution in [0.2, 0.25) is 0 Å². The SMILES string of the molecule is C/C(=N\OCCC(C)(C)C)c1ccccc1.C1CCC1.CC(C)(C)C.CC(C)(C)C1(C)CCCC1.CC(C)(C)C1(C)CCCCC1.CC(C)(C)CC1OCCO1.CC(C)(C)CCON=C(c1ccccc1)c1ccccc1.CC(C)(C)N=C(c1ccccc1)c1ccc(C(F)(F)F)cc1.CC(C)=NOCCC(C)(C)C.Cc1ccc(C(=NC(C)(C)C)c2cccc(F)c2)cc1. The van der Waals surface area contributed by atoms with Crippen molar-refractivity contribution in [1.29, 1.82) is 0 Å². The molecule has 0 atom stereocenters. The molecule has 0 bridgehead atoms. The Morgan fingerprint density at radius 1 is 0.354 bits per heavy atom. The average Bonchev–Trinajstić information content (AvgIpc) is 1.84.